The van der Waals surface area contributed by atoms with E-state index in [0.717, 1.165) is 22.2 Å². The van der Waals surface area contributed by atoms with Gasteiger partial charge in [0.2, 0.25) is 0 Å². The molecule has 3 heteroatoms. The molecule has 0 aromatic heterocycles. The van der Waals surface area contributed by atoms with Gasteiger partial charge in [-0.25, -0.2) is 0 Å². The van der Waals surface area contributed by atoms with Crippen LogP contribution in [0.2, 0.25) is 0 Å². The van der Waals surface area contributed by atoms with Gasteiger partial charge in [0.15, 0.2) is 0 Å². The first kappa shape index (κ1) is 14.2. The maximum absolute atomic E-state index is 11.9. The maximum atomic E-state index is 11.9. The molecule has 1 rings (SSSR count). The summed E-state index contributed by atoms with van der Waals surface area (Å²) >= 11 is 3.49. The summed E-state index contributed by atoms with van der Waals surface area (Å²) in [4.78, 5) is 11.9. The van der Waals surface area contributed by atoms with Crippen LogP contribution in [0.25, 0.3) is 0 Å². The van der Waals surface area contributed by atoms with Crippen molar-refractivity contribution in [1.29, 1.82) is 0 Å². The number of hydrogen-bond donors (Lipinski definition) is 0. The highest BCUT2D eigenvalue weighted by molar-refractivity contribution is 9.10. The van der Waals surface area contributed by atoms with Gasteiger partial charge >= 0.3 is 0 Å². The largest absolute Gasteiger partial charge is 0.497 e. The van der Waals surface area contributed by atoms with Gasteiger partial charge < -0.3 is 4.74 Å². The maximum Gasteiger partial charge on any atom is 0.138 e. The van der Waals surface area contributed by atoms with E-state index >= 15 is 0 Å². The summed E-state index contributed by atoms with van der Waals surface area (Å²) in [6.07, 6.45) is 1.31. The van der Waals surface area contributed by atoms with E-state index in [-0.39, 0.29) is 11.2 Å². The van der Waals surface area contributed by atoms with Crippen molar-refractivity contribution < 1.29 is 9.53 Å². The minimum absolute atomic E-state index is 0.259. The van der Waals surface area contributed by atoms with Crippen LogP contribution in [0.1, 0.15) is 32.8 Å². The molecule has 94 valence electrons. The zero-order chi connectivity index (χ0) is 13.1. The Hall–Kier alpha value is -0.830. The van der Waals surface area contributed by atoms with Crippen LogP contribution in [0.5, 0.6) is 5.75 Å². The lowest BCUT2D eigenvalue weighted by atomic mass is 9.87. The lowest BCUT2D eigenvalue weighted by Gasteiger charge is -2.16. The van der Waals surface area contributed by atoms with Gasteiger partial charge in [-0.2, -0.15) is 0 Å². The smallest absolute Gasteiger partial charge is 0.138 e. The molecule has 0 bridgehead atoms. The Balaban J connectivity index is 2.72. The molecule has 0 aliphatic rings. The number of ketones is 1. The van der Waals surface area contributed by atoms with Crippen molar-refractivity contribution in [2.45, 2.75) is 33.6 Å². The number of methoxy groups -OCH3 is 1. The molecule has 17 heavy (non-hydrogen) atoms. The summed E-state index contributed by atoms with van der Waals surface area (Å²) in [6.45, 7) is 5.86. The van der Waals surface area contributed by atoms with Crippen LogP contribution in [-0.2, 0) is 11.2 Å². The molecule has 0 atom stereocenters. The van der Waals surface area contributed by atoms with E-state index in [2.05, 4.69) is 15.9 Å². The summed E-state index contributed by atoms with van der Waals surface area (Å²) in [5.41, 5.74) is 0.854. The standard InChI is InChI=1S/C14H19BrO2/c1-14(2,3)13(16)8-5-10-9-11(17-4)6-7-12(10)15/h6-7,9H,5,8H2,1-4H3. The highest BCUT2D eigenvalue weighted by atomic mass is 79.9. The number of Topliss-reactive ketones (excluding diaryl/α,β-unsaturated/α-hetero) is 1. The molecular weight excluding hydrogens is 280 g/mol. The number of ether oxygens (including phenoxy) is 1. The molecule has 0 amide bonds. The second-order valence-electron chi connectivity index (χ2n) is 5.13. The average Bonchev–Trinajstić information content (AvgIpc) is 2.26. The van der Waals surface area contributed by atoms with Crippen LogP contribution in [0.15, 0.2) is 22.7 Å². The lowest BCUT2D eigenvalue weighted by Crippen LogP contribution is -2.20. The van der Waals surface area contributed by atoms with Gasteiger partial charge in [-0.3, -0.25) is 4.79 Å². The summed E-state index contributed by atoms with van der Waals surface area (Å²) in [7, 11) is 1.65. The molecule has 0 aliphatic carbocycles. The van der Waals surface area contributed by atoms with Crippen molar-refractivity contribution >= 4 is 21.7 Å². The quantitative estimate of drug-likeness (QED) is 0.840. The third kappa shape index (κ3) is 4.15. The van der Waals surface area contributed by atoms with E-state index in [1.807, 2.05) is 39.0 Å². The molecule has 0 heterocycles. The van der Waals surface area contributed by atoms with E-state index < -0.39 is 0 Å². The lowest BCUT2D eigenvalue weighted by molar-refractivity contribution is -0.126. The third-order valence-corrected chi connectivity index (χ3v) is 3.48. The topological polar surface area (TPSA) is 26.3 Å². The number of benzene rings is 1. The first-order valence-electron chi connectivity index (χ1n) is 5.70. The molecule has 0 fully saturated rings. The fourth-order valence-corrected chi connectivity index (χ4v) is 1.94. The number of aryl methyl sites for hydroxylation is 1. The first-order chi connectivity index (χ1) is 7.84. The minimum Gasteiger partial charge on any atom is -0.497 e. The summed E-state index contributed by atoms with van der Waals surface area (Å²) in [5, 5.41) is 0. The summed E-state index contributed by atoms with van der Waals surface area (Å²) < 4.78 is 6.21. The van der Waals surface area contributed by atoms with Crippen molar-refractivity contribution in [3.05, 3.63) is 28.2 Å². The van der Waals surface area contributed by atoms with Crippen LogP contribution < -0.4 is 4.74 Å². The van der Waals surface area contributed by atoms with E-state index in [9.17, 15) is 4.79 Å². The molecule has 1 aromatic rings. The molecule has 2 nitrogen and oxygen atoms in total. The fraction of sp³-hybridized carbons (Fsp3) is 0.500. The monoisotopic (exact) mass is 298 g/mol. The van der Waals surface area contributed by atoms with E-state index in [0.29, 0.717) is 6.42 Å². The molecule has 0 aliphatic heterocycles. The van der Waals surface area contributed by atoms with Crippen LogP contribution in [0.4, 0.5) is 0 Å². The number of rotatable bonds is 4. The van der Waals surface area contributed by atoms with Crippen LogP contribution in [-0.4, -0.2) is 12.9 Å². The van der Waals surface area contributed by atoms with Crippen molar-refractivity contribution in [3.8, 4) is 5.75 Å². The second-order valence-corrected chi connectivity index (χ2v) is 5.98. The predicted molar refractivity (Wildman–Crippen MR) is 73.5 cm³/mol. The van der Waals surface area contributed by atoms with Crippen molar-refractivity contribution in [2.75, 3.05) is 7.11 Å². The highest BCUT2D eigenvalue weighted by Crippen LogP contribution is 2.25. The van der Waals surface area contributed by atoms with Gasteiger partial charge in [-0.1, -0.05) is 36.7 Å². The highest BCUT2D eigenvalue weighted by Gasteiger charge is 2.20. The van der Waals surface area contributed by atoms with Crippen molar-refractivity contribution in [1.82, 2.24) is 0 Å². The third-order valence-electron chi connectivity index (χ3n) is 2.71. The normalized spacial score (nSPS) is 11.4. The Morgan fingerprint density at radius 2 is 2.00 bits per heavy atom. The van der Waals surface area contributed by atoms with Crippen molar-refractivity contribution in [3.63, 3.8) is 0 Å². The summed E-state index contributed by atoms with van der Waals surface area (Å²) in [5.74, 6) is 1.11. The van der Waals surface area contributed by atoms with E-state index in [1.165, 1.54) is 0 Å². The number of hydrogen-bond acceptors (Lipinski definition) is 2. The predicted octanol–water partition coefficient (Wildman–Crippen LogP) is 4.01. The minimum atomic E-state index is -0.259. The van der Waals surface area contributed by atoms with Crippen LogP contribution >= 0.6 is 15.9 Å². The van der Waals surface area contributed by atoms with E-state index in [1.54, 1.807) is 7.11 Å². The van der Waals surface area contributed by atoms with Crippen LogP contribution in [0.3, 0.4) is 0 Å². The van der Waals surface area contributed by atoms with E-state index in [4.69, 9.17) is 4.74 Å². The Labute approximate surface area is 111 Å². The summed E-state index contributed by atoms with van der Waals surface area (Å²) in [6, 6.07) is 5.83. The van der Waals surface area contributed by atoms with Gasteiger partial charge in [0, 0.05) is 16.3 Å². The van der Waals surface area contributed by atoms with Gasteiger partial charge in [0.1, 0.15) is 11.5 Å². The zero-order valence-corrected chi connectivity index (χ0v) is 12.4. The van der Waals surface area contributed by atoms with Gasteiger partial charge in [0.25, 0.3) is 0 Å². The molecule has 0 saturated heterocycles. The number of halogens is 1. The number of carbonyl (C=O) groups is 1. The zero-order valence-electron chi connectivity index (χ0n) is 10.8. The fourth-order valence-electron chi connectivity index (χ4n) is 1.49. The molecule has 0 unspecified atom stereocenters. The molecule has 0 N–H and O–H groups in total. The Morgan fingerprint density at radius 3 is 2.53 bits per heavy atom. The van der Waals surface area contributed by atoms with Gasteiger partial charge in [-0.05, 0) is 30.2 Å². The second kappa shape index (κ2) is 5.67. The number of carbonyl (C=O) groups excluding carboxylic acids is 1. The molecular formula is C14H19BrO2. The van der Waals surface area contributed by atoms with Gasteiger partial charge in [-0.15, -0.1) is 0 Å². The Morgan fingerprint density at radius 1 is 1.35 bits per heavy atom. The SMILES string of the molecule is COc1ccc(Br)c(CCC(=O)C(C)(C)C)c1. The molecule has 1 aromatic carbocycles. The molecule has 0 radical (unpaired) electrons. The molecule has 0 spiro atoms. The molecule has 0 saturated carbocycles. The Kier molecular flexibility index (Phi) is 4.75. The Bertz CT molecular complexity index is 405. The van der Waals surface area contributed by atoms with Gasteiger partial charge in [0.05, 0.1) is 7.11 Å². The first-order valence-corrected chi connectivity index (χ1v) is 6.49. The average molecular weight is 299 g/mol. The van der Waals surface area contributed by atoms with Crippen molar-refractivity contribution in [2.24, 2.45) is 5.41 Å². The van der Waals surface area contributed by atoms with Crippen LogP contribution in [0, 0.1) is 5.41 Å².